The number of rotatable bonds is 3. The van der Waals surface area contributed by atoms with Gasteiger partial charge in [0.15, 0.2) is 15.0 Å². The molecule has 0 aromatic heterocycles. The van der Waals surface area contributed by atoms with Crippen LogP contribution in [0.3, 0.4) is 0 Å². The van der Waals surface area contributed by atoms with Gasteiger partial charge in [-0.25, -0.2) is 17.2 Å². The number of hydrogen-bond donors (Lipinski definition) is 0. The lowest BCUT2D eigenvalue weighted by atomic mass is 10.1. The predicted octanol–water partition coefficient (Wildman–Crippen LogP) is 1.13. The summed E-state index contributed by atoms with van der Waals surface area (Å²) < 4.78 is 51.3. The fourth-order valence-electron chi connectivity index (χ4n) is 2.85. The Morgan fingerprint density at radius 2 is 2.08 bits per heavy atom. The van der Waals surface area contributed by atoms with Crippen LogP contribution in [0.4, 0.5) is 14.5 Å². The molecule has 0 unspecified atom stereocenters. The van der Waals surface area contributed by atoms with E-state index in [1.165, 1.54) is 15.9 Å². The zero-order chi connectivity index (χ0) is 18.4. The molecule has 2 aliphatic rings. The van der Waals surface area contributed by atoms with E-state index in [9.17, 15) is 22.0 Å². The molecule has 0 N–H and O–H groups in total. The Labute approximate surface area is 148 Å². The van der Waals surface area contributed by atoms with Gasteiger partial charge in [-0.1, -0.05) is 11.8 Å². The summed E-state index contributed by atoms with van der Waals surface area (Å²) in [6.07, 6.45) is 0. The van der Waals surface area contributed by atoms with Crippen LogP contribution in [-0.2, 0) is 14.6 Å². The third-order valence-corrected chi connectivity index (χ3v) is 6.75. The first-order valence-electron chi connectivity index (χ1n) is 7.53. The van der Waals surface area contributed by atoms with E-state index in [4.69, 9.17) is 0 Å². The Kier molecular flexibility index (Phi) is 4.76. The first kappa shape index (κ1) is 18.1. The van der Waals surface area contributed by atoms with Crippen LogP contribution in [0, 0.1) is 11.6 Å². The molecule has 0 aliphatic carbocycles. The van der Waals surface area contributed by atoms with Crippen molar-refractivity contribution in [2.45, 2.75) is 12.1 Å². The summed E-state index contributed by atoms with van der Waals surface area (Å²) in [5.74, 6) is -1.82. The number of sulfone groups is 1. The van der Waals surface area contributed by atoms with E-state index in [0.717, 1.165) is 23.9 Å². The van der Waals surface area contributed by atoms with Gasteiger partial charge in [-0.05, 0) is 12.1 Å². The Balaban J connectivity index is 1.93. The maximum Gasteiger partial charge on any atom is 0.232 e. The average Bonchev–Trinajstić information content (AvgIpc) is 2.96. The van der Waals surface area contributed by atoms with Crippen LogP contribution in [0.2, 0.25) is 0 Å². The minimum atomic E-state index is -3.27. The Morgan fingerprint density at radius 1 is 1.36 bits per heavy atom. The number of fused-ring (bicyclic) bond motifs is 1. The van der Waals surface area contributed by atoms with Crippen molar-refractivity contribution in [3.8, 4) is 0 Å². The number of hydrogen-bond acceptors (Lipinski definition) is 6. The zero-order valence-electron chi connectivity index (χ0n) is 13.6. The van der Waals surface area contributed by atoms with Crippen molar-refractivity contribution in [2.75, 3.05) is 36.3 Å². The SMILES string of the molecule is CN(C)C(=O)CSC1=N[C@@H]2CS(=O)(=O)C[C@@H]2N1c1ccc(F)cc1F. The molecule has 1 fully saturated rings. The van der Waals surface area contributed by atoms with Crippen molar-refractivity contribution >= 4 is 38.4 Å². The number of halogens is 2. The molecular weight excluding hydrogens is 372 g/mol. The van der Waals surface area contributed by atoms with Crippen LogP contribution in [0.25, 0.3) is 0 Å². The number of nitrogens with zero attached hydrogens (tertiary/aromatic N) is 3. The maximum absolute atomic E-state index is 14.3. The van der Waals surface area contributed by atoms with Gasteiger partial charge >= 0.3 is 0 Å². The quantitative estimate of drug-likeness (QED) is 0.775. The summed E-state index contributed by atoms with van der Waals surface area (Å²) in [4.78, 5) is 19.1. The minimum Gasteiger partial charge on any atom is -0.348 e. The summed E-state index contributed by atoms with van der Waals surface area (Å²) in [7, 11) is -0.0191. The Bertz CT molecular complexity index is 842. The number of aliphatic imine (C=N–C) groups is 1. The Hall–Kier alpha value is -1.68. The molecule has 2 heterocycles. The van der Waals surface area contributed by atoms with Crippen molar-refractivity contribution in [1.82, 2.24) is 4.90 Å². The lowest BCUT2D eigenvalue weighted by molar-refractivity contribution is -0.125. The molecule has 0 radical (unpaired) electrons. The van der Waals surface area contributed by atoms with Crippen LogP contribution in [-0.4, -0.2) is 67.8 Å². The molecule has 136 valence electrons. The van der Waals surface area contributed by atoms with E-state index >= 15 is 0 Å². The smallest absolute Gasteiger partial charge is 0.232 e. The lowest BCUT2D eigenvalue weighted by Gasteiger charge is -2.27. The fourth-order valence-corrected chi connectivity index (χ4v) is 5.79. The minimum absolute atomic E-state index is 0.0644. The number of carbonyl (C=O) groups excluding carboxylic acids is 1. The summed E-state index contributed by atoms with van der Waals surface area (Å²) >= 11 is 1.12. The standard InChI is InChI=1S/C15H17F2N3O3S2/c1-19(2)14(21)6-24-15-18-11-7-25(22,23)8-13(11)20(15)12-4-3-9(16)5-10(12)17/h3-5,11,13H,6-8H2,1-2H3/t11-,13+/m1/s1. The van der Waals surface area contributed by atoms with Gasteiger partial charge < -0.3 is 9.80 Å². The first-order valence-corrected chi connectivity index (χ1v) is 10.3. The van der Waals surface area contributed by atoms with Gasteiger partial charge in [0, 0.05) is 20.2 Å². The first-order chi connectivity index (χ1) is 11.7. The number of anilines is 1. The molecule has 25 heavy (non-hydrogen) atoms. The van der Waals surface area contributed by atoms with Gasteiger partial charge in [0.25, 0.3) is 0 Å². The van der Waals surface area contributed by atoms with Gasteiger partial charge in [0.2, 0.25) is 5.91 Å². The van der Waals surface area contributed by atoms with Gasteiger partial charge in [-0.2, -0.15) is 0 Å². The van der Waals surface area contributed by atoms with Crippen LogP contribution < -0.4 is 4.90 Å². The number of benzene rings is 1. The third kappa shape index (κ3) is 3.64. The topological polar surface area (TPSA) is 70.0 Å². The number of amides is 1. The highest BCUT2D eigenvalue weighted by Gasteiger charge is 2.47. The van der Waals surface area contributed by atoms with Gasteiger partial charge in [0.1, 0.15) is 11.6 Å². The fraction of sp³-hybridized carbons (Fsp3) is 0.467. The molecule has 2 aliphatic heterocycles. The summed E-state index contributed by atoms with van der Waals surface area (Å²) in [5.41, 5.74) is 0.0644. The highest BCUT2D eigenvalue weighted by Crippen LogP contribution is 2.36. The lowest BCUT2D eigenvalue weighted by Crippen LogP contribution is -2.40. The molecule has 3 rings (SSSR count). The molecule has 1 saturated heterocycles. The van der Waals surface area contributed by atoms with Crippen LogP contribution in [0.15, 0.2) is 23.2 Å². The average molecular weight is 389 g/mol. The van der Waals surface area contributed by atoms with Crippen molar-refractivity contribution in [2.24, 2.45) is 4.99 Å². The summed E-state index contributed by atoms with van der Waals surface area (Å²) in [5, 5.41) is 0.380. The molecule has 1 aromatic carbocycles. The molecule has 1 aromatic rings. The normalized spacial score (nSPS) is 24.2. The number of carbonyl (C=O) groups is 1. The molecule has 10 heteroatoms. The highest BCUT2D eigenvalue weighted by molar-refractivity contribution is 8.14. The van der Waals surface area contributed by atoms with Crippen molar-refractivity contribution in [3.63, 3.8) is 0 Å². The van der Waals surface area contributed by atoms with Gasteiger partial charge in [-0.15, -0.1) is 0 Å². The molecule has 0 spiro atoms. The van der Waals surface area contributed by atoms with Crippen molar-refractivity contribution in [3.05, 3.63) is 29.8 Å². The van der Waals surface area contributed by atoms with E-state index in [2.05, 4.69) is 4.99 Å². The third-order valence-electron chi connectivity index (χ3n) is 4.10. The van der Waals surface area contributed by atoms with E-state index in [1.807, 2.05) is 0 Å². The van der Waals surface area contributed by atoms with E-state index in [1.54, 1.807) is 14.1 Å². The van der Waals surface area contributed by atoms with E-state index in [-0.39, 0.29) is 28.9 Å². The van der Waals surface area contributed by atoms with Crippen molar-refractivity contribution in [1.29, 1.82) is 0 Å². The van der Waals surface area contributed by atoms with Crippen molar-refractivity contribution < 1.29 is 22.0 Å². The number of amidine groups is 1. The van der Waals surface area contributed by atoms with Crippen LogP contribution >= 0.6 is 11.8 Å². The van der Waals surface area contributed by atoms with Gasteiger partial charge in [0.05, 0.1) is 35.0 Å². The zero-order valence-corrected chi connectivity index (χ0v) is 15.3. The molecule has 1 amide bonds. The second kappa shape index (κ2) is 6.56. The molecule has 6 nitrogen and oxygen atoms in total. The molecular formula is C15H17F2N3O3S2. The number of thioether (sulfide) groups is 1. The van der Waals surface area contributed by atoms with Crippen LogP contribution in [0.1, 0.15) is 0 Å². The Morgan fingerprint density at radius 3 is 2.72 bits per heavy atom. The second-order valence-corrected chi connectivity index (χ2v) is 9.26. The molecule has 0 bridgehead atoms. The largest absolute Gasteiger partial charge is 0.348 e. The predicted molar refractivity (Wildman–Crippen MR) is 93.7 cm³/mol. The monoisotopic (exact) mass is 389 g/mol. The summed E-state index contributed by atoms with van der Waals surface area (Å²) in [6, 6.07) is 2.08. The summed E-state index contributed by atoms with van der Waals surface area (Å²) in [6.45, 7) is 0. The van der Waals surface area contributed by atoms with Crippen LogP contribution in [0.5, 0.6) is 0 Å². The van der Waals surface area contributed by atoms with E-state index in [0.29, 0.717) is 5.17 Å². The molecule has 0 saturated carbocycles. The van der Waals surface area contributed by atoms with E-state index < -0.39 is 33.6 Å². The van der Waals surface area contributed by atoms with Gasteiger partial charge in [-0.3, -0.25) is 9.79 Å². The maximum atomic E-state index is 14.3. The second-order valence-electron chi connectivity index (χ2n) is 6.17. The molecule has 2 atom stereocenters. The highest BCUT2D eigenvalue weighted by atomic mass is 32.2.